The van der Waals surface area contributed by atoms with E-state index in [4.69, 9.17) is 0 Å². The molecule has 1 saturated heterocycles. The summed E-state index contributed by atoms with van der Waals surface area (Å²) >= 11 is 0. The highest BCUT2D eigenvalue weighted by atomic mass is 15.2. The van der Waals surface area contributed by atoms with Gasteiger partial charge in [0.05, 0.1) is 11.7 Å². The van der Waals surface area contributed by atoms with Crippen molar-refractivity contribution in [2.24, 2.45) is 0 Å². The number of piperazine rings is 1. The second-order valence-electron chi connectivity index (χ2n) is 5.19. The van der Waals surface area contributed by atoms with Crippen molar-refractivity contribution in [1.29, 1.82) is 5.26 Å². The van der Waals surface area contributed by atoms with Gasteiger partial charge in [0.25, 0.3) is 0 Å². The maximum Gasteiger partial charge on any atom is 0.162 e. The average molecular weight is 245 g/mol. The Bertz CT molecular complexity index is 484. The molecule has 1 N–H and O–H groups in total. The molecule has 18 heavy (non-hydrogen) atoms. The van der Waals surface area contributed by atoms with Crippen molar-refractivity contribution in [3.63, 3.8) is 0 Å². The third-order valence-electron chi connectivity index (χ3n) is 4.06. The van der Waals surface area contributed by atoms with Crippen LogP contribution < -0.4 is 5.32 Å². The summed E-state index contributed by atoms with van der Waals surface area (Å²) in [6.45, 7) is 4.02. The zero-order chi connectivity index (χ0) is 12.5. The third-order valence-corrected chi connectivity index (χ3v) is 4.06. The minimum Gasteiger partial charge on any atom is -0.329 e. The summed E-state index contributed by atoms with van der Waals surface area (Å²) in [4.78, 5) is 6.94. The molecule has 96 valence electrons. The van der Waals surface area contributed by atoms with Crippen LogP contribution in [0.5, 0.6) is 0 Å². The SMILES string of the molecule is CN1CCNCC1c1nc(C#N)c2n1CCCC2. The van der Waals surface area contributed by atoms with Gasteiger partial charge in [0.2, 0.25) is 0 Å². The highest BCUT2D eigenvalue weighted by Gasteiger charge is 2.29. The molecule has 0 bridgehead atoms. The second-order valence-corrected chi connectivity index (χ2v) is 5.19. The molecule has 0 aromatic carbocycles. The van der Waals surface area contributed by atoms with E-state index in [1.165, 1.54) is 12.8 Å². The number of nitrogens with zero attached hydrogens (tertiary/aromatic N) is 4. The van der Waals surface area contributed by atoms with Gasteiger partial charge in [0.1, 0.15) is 11.9 Å². The largest absolute Gasteiger partial charge is 0.329 e. The van der Waals surface area contributed by atoms with Crippen molar-refractivity contribution in [3.05, 3.63) is 17.2 Å². The van der Waals surface area contributed by atoms with E-state index in [-0.39, 0.29) is 0 Å². The molecule has 5 heteroatoms. The standard InChI is InChI=1S/C13H19N5/c1-17-7-5-15-9-12(17)13-16-10(8-14)11-4-2-3-6-18(11)13/h12,15H,2-7,9H2,1H3. The van der Waals surface area contributed by atoms with Crippen LogP contribution in [-0.2, 0) is 13.0 Å². The molecule has 1 aromatic heterocycles. The molecule has 1 fully saturated rings. The fraction of sp³-hybridized carbons (Fsp3) is 0.692. The van der Waals surface area contributed by atoms with E-state index in [1.54, 1.807) is 0 Å². The van der Waals surface area contributed by atoms with Gasteiger partial charge < -0.3 is 9.88 Å². The van der Waals surface area contributed by atoms with E-state index in [9.17, 15) is 5.26 Å². The molecular formula is C13H19N5. The minimum atomic E-state index is 0.303. The van der Waals surface area contributed by atoms with Crippen LogP contribution in [0.1, 0.15) is 36.1 Å². The zero-order valence-corrected chi connectivity index (χ0v) is 10.8. The number of hydrogen-bond donors (Lipinski definition) is 1. The Hall–Kier alpha value is -1.38. The number of aromatic nitrogens is 2. The van der Waals surface area contributed by atoms with Gasteiger partial charge >= 0.3 is 0 Å². The van der Waals surface area contributed by atoms with Gasteiger partial charge in [-0.15, -0.1) is 0 Å². The van der Waals surface area contributed by atoms with E-state index in [0.29, 0.717) is 11.7 Å². The first-order valence-electron chi connectivity index (χ1n) is 6.71. The van der Waals surface area contributed by atoms with Crippen LogP contribution >= 0.6 is 0 Å². The van der Waals surface area contributed by atoms with Crippen LogP contribution in [0.15, 0.2) is 0 Å². The van der Waals surface area contributed by atoms with E-state index < -0.39 is 0 Å². The topological polar surface area (TPSA) is 56.9 Å². The van der Waals surface area contributed by atoms with Crippen molar-refractivity contribution >= 4 is 0 Å². The maximum atomic E-state index is 9.22. The minimum absolute atomic E-state index is 0.303. The Labute approximate surface area is 107 Å². The van der Waals surface area contributed by atoms with Gasteiger partial charge in [-0.05, 0) is 26.3 Å². The van der Waals surface area contributed by atoms with Crippen LogP contribution in [0.2, 0.25) is 0 Å². The molecule has 1 atom stereocenters. The molecular weight excluding hydrogens is 226 g/mol. The zero-order valence-electron chi connectivity index (χ0n) is 10.8. The van der Waals surface area contributed by atoms with Gasteiger partial charge in [-0.25, -0.2) is 4.98 Å². The van der Waals surface area contributed by atoms with Crippen LogP contribution in [-0.4, -0.2) is 41.1 Å². The summed E-state index contributed by atoms with van der Waals surface area (Å²) in [5.41, 5.74) is 1.79. The number of nitriles is 1. The lowest BCUT2D eigenvalue weighted by atomic mass is 10.1. The van der Waals surface area contributed by atoms with Gasteiger partial charge in [0, 0.05) is 26.2 Å². The average Bonchev–Trinajstić information content (AvgIpc) is 2.78. The molecule has 0 radical (unpaired) electrons. The van der Waals surface area contributed by atoms with E-state index in [2.05, 4.69) is 32.9 Å². The number of imidazole rings is 1. The van der Waals surface area contributed by atoms with E-state index in [1.807, 2.05) is 0 Å². The first kappa shape index (κ1) is 11.7. The van der Waals surface area contributed by atoms with Crippen molar-refractivity contribution in [2.45, 2.75) is 31.8 Å². The lowest BCUT2D eigenvalue weighted by molar-refractivity contribution is 0.188. The van der Waals surface area contributed by atoms with Crippen LogP contribution in [0.4, 0.5) is 0 Å². The molecule has 3 rings (SSSR count). The molecule has 0 saturated carbocycles. The van der Waals surface area contributed by atoms with Gasteiger partial charge in [-0.2, -0.15) is 5.26 Å². The smallest absolute Gasteiger partial charge is 0.162 e. The molecule has 2 aliphatic heterocycles. The van der Waals surface area contributed by atoms with Crippen molar-refractivity contribution in [3.8, 4) is 6.07 Å². The Balaban J connectivity index is 2.01. The fourth-order valence-electron chi connectivity index (χ4n) is 3.01. The molecule has 0 aliphatic carbocycles. The van der Waals surface area contributed by atoms with Crippen LogP contribution in [0.25, 0.3) is 0 Å². The predicted molar refractivity (Wildman–Crippen MR) is 68.1 cm³/mol. The molecule has 5 nitrogen and oxygen atoms in total. The van der Waals surface area contributed by atoms with Crippen molar-refractivity contribution in [1.82, 2.24) is 19.8 Å². The molecule has 0 spiro atoms. The van der Waals surface area contributed by atoms with E-state index >= 15 is 0 Å². The highest BCUT2D eigenvalue weighted by Crippen LogP contribution is 2.27. The number of likely N-dealkylation sites (N-methyl/N-ethyl adjacent to an activating group) is 1. The van der Waals surface area contributed by atoms with E-state index in [0.717, 1.165) is 44.1 Å². The van der Waals surface area contributed by atoms with Crippen molar-refractivity contribution in [2.75, 3.05) is 26.7 Å². The summed E-state index contributed by atoms with van der Waals surface area (Å²) in [5.74, 6) is 1.08. The summed E-state index contributed by atoms with van der Waals surface area (Å²) in [5, 5.41) is 12.6. The number of hydrogen-bond acceptors (Lipinski definition) is 4. The van der Waals surface area contributed by atoms with Gasteiger partial charge in [-0.3, -0.25) is 4.90 Å². The lowest BCUT2D eigenvalue weighted by Gasteiger charge is -2.33. The van der Waals surface area contributed by atoms with Crippen LogP contribution in [0, 0.1) is 11.3 Å². The third kappa shape index (κ3) is 1.82. The van der Waals surface area contributed by atoms with Crippen LogP contribution in [0.3, 0.4) is 0 Å². The monoisotopic (exact) mass is 245 g/mol. The molecule has 2 aliphatic rings. The number of nitrogens with one attached hydrogen (secondary N) is 1. The number of rotatable bonds is 1. The highest BCUT2D eigenvalue weighted by molar-refractivity contribution is 5.31. The summed E-state index contributed by atoms with van der Waals surface area (Å²) in [7, 11) is 2.14. The first-order valence-corrected chi connectivity index (χ1v) is 6.71. The lowest BCUT2D eigenvalue weighted by Crippen LogP contribution is -2.45. The fourth-order valence-corrected chi connectivity index (χ4v) is 3.01. The molecule has 0 amide bonds. The molecule has 1 aromatic rings. The van der Waals surface area contributed by atoms with Crippen molar-refractivity contribution < 1.29 is 0 Å². The summed E-state index contributed by atoms with van der Waals surface area (Å²) < 4.78 is 2.29. The molecule has 1 unspecified atom stereocenters. The van der Waals surface area contributed by atoms with Gasteiger partial charge in [-0.1, -0.05) is 0 Å². The second kappa shape index (κ2) is 4.71. The van der Waals surface area contributed by atoms with Gasteiger partial charge in [0.15, 0.2) is 5.69 Å². The normalized spacial score (nSPS) is 24.6. The Morgan fingerprint density at radius 3 is 3.06 bits per heavy atom. The molecule has 3 heterocycles. The Morgan fingerprint density at radius 1 is 1.39 bits per heavy atom. The first-order chi connectivity index (χ1) is 8.81. The Kier molecular flexibility index (Phi) is 3.06. The summed E-state index contributed by atoms with van der Waals surface area (Å²) in [6, 6.07) is 2.56. The quantitative estimate of drug-likeness (QED) is 0.790. The predicted octanol–water partition coefficient (Wildman–Crippen LogP) is 0.667. The summed E-state index contributed by atoms with van der Waals surface area (Å²) in [6.07, 6.45) is 3.38. The Morgan fingerprint density at radius 2 is 2.28 bits per heavy atom. The maximum absolute atomic E-state index is 9.22. The number of fused-ring (bicyclic) bond motifs is 1.